The second kappa shape index (κ2) is 7.60. The molecule has 0 heterocycles. The zero-order valence-electron chi connectivity index (χ0n) is 13.2. The highest BCUT2D eigenvalue weighted by atomic mass is 32.1. The number of methoxy groups -OCH3 is 2. The first kappa shape index (κ1) is 16.8. The van der Waals surface area contributed by atoms with Gasteiger partial charge in [0.1, 0.15) is 5.75 Å². The Morgan fingerprint density at radius 1 is 1.04 bits per heavy atom. The van der Waals surface area contributed by atoms with Crippen molar-refractivity contribution in [3.8, 4) is 5.75 Å². The molecule has 0 unspecified atom stereocenters. The molecule has 0 saturated heterocycles. The van der Waals surface area contributed by atoms with Crippen LogP contribution in [-0.2, 0) is 4.74 Å². The summed E-state index contributed by atoms with van der Waals surface area (Å²) in [7, 11) is 2.94. The highest BCUT2D eigenvalue weighted by molar-refractivity contribution is 7.80. The van der Waals surface area contributed by atoms with E-state index >= 15 is 0 Å². The first-order valence-corrected chi connectivity index (χ1v) is 7.36. The van der Waals surface area contributed by atoms with Crippen molar-refractivity contribution in [3.63, 3.8) is 0 Å². The molecule has 0 atom stereocenters. The lowest BCUT2D eigenvalue weighted by Crippen LogP contribution is -2.21. The predicted molar refractivity (Wildman–Crippen MR) is 95.4 cm³/mol. The van der Waals surface area contributed by atoms with Gasteiger partial charge in [0.25, 0.3) is 0 Å². The van der Waals surface area contributed by atoms with Gasteiger partial charge < -0.3 is 20.1 Å². The predicted octanol–water partition coefficient (Wildman–Crippen LogP) is 3.60. The molecule has 0 saturated carbocycles. The number of aryl methyl sites for hydroxylation is 1. The highest BCUT2D eigenvalue weighted by Crippen LogP contribution is 2.25. The number of nitrogens with one attached hydrogen (secondary N) is 2. The summed E-state index contributed by atoms with van der Waals surface area (Å²) in [6.07, 6.45) is 0. The third kappa shape index (κ3) is 4.20. The van der Waals surface area contributed by atoms with Crippen molar-refractivity contribution in [2.75, 3.05) is 24.9 Å². The van der Waals surface area contributed by atoms with Crippen LogP contribution >= 0.6 is 12.2 Å². The molecule has 2 aromatic carbocycles. The minimum absolute atomic E-state index is 0.352. The number of rotatable bonds is 4. The van der Waals surface area contributed by atoms with Gasteiger partial charge in [0.05, 0.1) is 31.2 Å². The Morgan fingerprint density at radius 2 is 1.74 bits per heavy atom. The van der Waals surface area contributed by atoms with Crippen LogP contribution in [-0.4, -0.2) is 25.3 Å². The molecule has 2 rings (SSSR count). The number of carbonyl (C=O) groups excluding carboxylic acids is 1. The molecule has 6 heteroatoms. The van der Waals surface area contributed by atoms with Gasteiger partial charge in [0, 0.05) is 0 Å². The number of hydrogen-bond donors (Lipinski definition) is 2. The van der Waals surface area contributed by atoms with Gasteiger partial charge in [-0.05, 0) is 49.0 Å². The molecular formula is C17H18N2O3S. The summed E-state index contributed by atoms with van der Waals surface area (Å²) in [5, 5.41) is 6.44. The van der Waals surface area contributed by atoms with E-state index in [0.717, 1.165) is 11.3 Å². The van der Waals surface area contributed by atoms with E-state index in [4.69, 9.17) is 21.7 Å². The van der Waals surface area contributed by atoms with Crippen molar-refractivity contribution in [3.05, 3.63) is 53.6 Å². The van der Waals surface area contributed by atoms with Crippen molar-refractivity contribution < 1.29 is 14.3 Å². The monoisotopic (exact) mass is 330 g/mol. The molecule has 0 fully saturated rings. The van der Waals surface area contributed by atoms with Gasteiger partial charge in [0.2, 0.25) is 0 Å². The van der Waals surface area contributed by atoms with Crippen molar-refractivity contribution >= 4 is 34.7 Å². The van der Waals surface area contributed by atoms with Crippen molar-refractivity contribution in [2.24, 2.45) is 0 Å². The summed E-state index contributed by atoms with van der Waals surface area (Å²) >= 11 is 5.32. The average Bonchev–Trinajstić information content (AvgIpc) is 2.55. The molecule has 0 aliphatic heterocycles. The number of hydrogen-bond acceptors (Lipinski definition) is 4. The number of anilines is 2. The summed E-state index contributed by atoms with van der Waals surface area (Å²) in [4.78, 5) is 11.8. The molecule has 23 heavy (non-hydrogen) atoms. The Morgan fingerprint density at radius 3 is 2.43 bits per heavy atom. The van der Waals surface area contributed by atoms with Crippen molar-refractivity contribution in [2.45, 2.75) is 6.92 Å². The van der Waals surface area contributed by atoms with E-state index in [2.05, 4.69) is 10.6 Å². The van der Waals surface area contributed by atoms with Crippen LogP contribution in [0, 0.1) is 6.92 Å². The SMILES string of the molecule is COC(=O)c1ccccc1NC(=S)Nc1cc(C)ccc1OC. The van der Waals surface area contributed by atoms with E-state index < -0.39 is 5.97 Å². The van der Waals surface area contributed by atoms with Gasteiger partial charge in [0.15, 0.2) is 5.11 Å². The standard InChI is InChI=1S/C17H18N2O3S/c1-11-8-9-15(21-2)14(10-11)19-17(23)18-13-7-5-4-6-12(13)16(20)22-3/h4-10H,1-3H3,(H2,18,19,23). The lowest BCUT2D eigenvalue weighted by Gasteiger charge is -2.15. The average molecular weight is 330 g/mol. The molecule has 0 aliphatic rings. The molecule has 2 aromatic rings. The summed E-state index contributed by atoms with van der Waals surface area (Å²) in [5.74, 6) is 0.255. The van der Waals surface area contributed by atoms with E-state index in [1.807, 2.05) is 31.2 Å². The molecule has 2 N–H and O–H groups in total. The quantitative estimate of drug-likeness (QED) is 0.660. The number of esters is 1. The Balaban J connectivity index is 2.18. The van der Waals surface area contributed by atoms with Crippen LogP contribution in [0.5, 0.6) is 5.75 Å². The molecule has 0 spiro atoms. The van der Waals surface area contributed by atoms with Crippen LogP contribution in [0.25, 0.3) is 0 Å². The molecule has 5 nitrogen and oxygen atoms in total. The van der Waals surface area contributed by atoms with E-state index in [-0.39, 0.29) is 0 Å². The highest BCUT2D eigenvalue weighted by Gasteiger charge is 2.12. The van der Waals surface area contributed by atoms with E-state index in [1.165, 1.54) is 7.11 Å². The van der Waals surface area contributed by atoms with Gasteiger partial charge in [-0.25, -0.2) is 4.79 Å². The van der Waals surface area contributed by atoms with Gasteiger partial charge in [-0.3, -0.25) is 0 Å². The fourth-order valence-corrected chi connectivity index (χ4v) is 2.30. The summed E-state index contributed by atoms with van der Waals surface area (Å²) in [5.41, 5.74) is 2.81. The maximum Gasteiger partial charge on any atom is 0.339 e. The molecule has 0 aliphatic carbocycles. The van der Waals surface area contributed by atoms with E-state index in [1.54, 1.807) is 25.3 Å². The normalized spacial score (nSPS) is 9.87. The molecular weight excluding hydrogens is 312 g/mol. The minimum Gasteiger partial charge on any atom is -0.495 e. The number of carbonyl (C=O) groups is 1. The second-order valence-electron chi connectivity index (χ2n) is 4.82. The largest absolute Gasteiger partial charge is 0.495 e. The minimum atomic E-state index is -0.427. The summed E-state index contributed by atoms with van der Waals surface area (Å²) in [6, 6.07) is 12.7. The zero-order chi connectivity index (χ0) is 16.8. The Hall–Kier alpha value is -2.60. The van der Waals surface area contributed by atoms with Crippen molar-refractivity contribution in [1.82, 2.24) is 0 Å². The van der Waals surface area contributed by atoms with Crippen LogP contribution in [0.15, 0.2) is 42.5 Å². The molecule has 0 amide bonds. The van der Waals surface area contributed by atoms with Crippen molar-refractivity contribution in [1.29, 1.82) is 0 Å². The topological polar surface area (TPSA) is 59.6 Å². The van der Waals surface area contributed by atoms with Crippen LogP contribution in [0.1, 0.15) is 15.9 Å². The Kier molecular flexibility index (Phi) is 5.54. The third-order valence-corrected chi connectivity index (χ3v) is 3.39. The Labute approximate surface area is 140 Å². The fraction of sp³-hybridized carbons (Fsp3) is 0.176. The van der Waals surface area contributed by atoms with Gasteiger partial charge in [-0.1, -0.05) is 18.2 Å². The number of para-hydroxylation sites is 1. The maximum absolute atomic E-state index is 11.8. The number of ether oxygens (including phenoxy) is 2. The number of benzene rings is 2. The lowest BCUT2D eigenvalue weighted by atomic mass is 10.2. The van der Waals surface area contributed by atoms with Crippen LogP contribution in [0.4, 0.5) is 11.4 Å². The lowest BCUT2D eigenvalue weighted by molar-refractivity contribution is 0.0602. The number of thiocarbonyl (C=S) groups is 1. The maximum atomic E-state index is 11.8. The molecule has 0 aromatic heterocycles. The fourth-order valence-electron chi connectivity index (χ4n) is 2.08. The van der Waals surface area contributed by atoms with Crippen LogP contribution in [0.2, 0.25) is 0 Å². The first-order chi connectivity index (χ1) is 11.0. The van der Waals surface area contributed by atoms with Gasteiger partial charge >= 0.3 is 5.97 Å². The van der Waals surface area contributed by atoms with E-state index in [0.29, 0.717) is 22.1 Å². The van der Waals surface area contributed by atoms with E-state index in [9.17, 15) is 4.79 Å². The Bertz CT molecular complexity index is 732. The third-order valence-electron chi connectivity index (χ3n) is 3.18. The van der Waals surface area contributed by atoms with Crippen LogP contribution < -0.4 is 15.4 Å². The molecule has 0 radical (unpaired) electrons. The summed E-state index contributed by atoms with van der Waals surface area (Å²) in [6.45, 7) is 1.98. The van der Waals surface area contributed by atoms with Gasteiger partial charge in [-0.2, -0.15) is 0 Å². The first-order valence-electron chi connectivity index (χ1n) is 6.95. The smallest absolute Gasteiger partial charge is 0.339 e. The second-order valence-corrected chi connectivity index (χ2v) is 5.23. The zero-order valence-corrected chi connectivity index (χ0v) is 14.0. The molecule has 120 valence electrons. The molecule has 0 bridgehead atoms. The van der Waals surface area contributed by atoms with Gasteiger partial charge in [-0.15, -0.1) is 0 Å². The van der Waals surface area contributed by atoms with Crippen LogP contribution in [0.3, 0.4) is 0 Å². The summed E-state index contributed by atoms with van der Waals surface area (Å²) < 4.78 is 10.1.